The van der Waals surface area contributed by atoms with Crippen LogP contribution in [0.4, 0.5) is 10.5 Å². The number of nitrogens with zero attached hydrogens (tertiary/aromatic N) is 1. The molecule has 0 fully saturated rings. The highest BCUT2D eigenvalue weighted by Gasteiger charge is 2.21. The van der Waals surface area contributed by atoms with Crippen molar-refractivity contribution in [2.75, 3.05) is 25.5 Å². The van der Waals surface area contributed by atoms with Gasteiger partial charge in [-0.05, 0) is 44.9 Å². The maximum absolute atomic E-state index is 11.6. The average Bonchev–Trinajstić information content (AvgIpc) is 2.41. The van der Waals surface area contributed by atoms with Crippen molar-refractivity contribution in [3.8, 4) is 0 Å². The lowest BCUT2D eigenvalue weighted by atomic mass is 9.99. The van der Waals surface area contributed by atoms with Gasteiger partial charge in [0.25, 0.3) is 0 Å². The van der Waals surface area contributed by atoms with E-state index in [1.54, 1.807) is 20.8 Å². The zero-order valence-corrected chi connectivity index (χ0v) is 14.4. The van der Waals surface area contributed by atoms with E-state index >= 15 is 0 Å². The summed E-state index contributed by atoms with van der Waals surface area (Å²) in [6.45, 7) is 5.30. The van der Waals surface area contributed by atoms with Crippen molar-refractivity contribution in [2.24, 2.45) is 5.92 Å². The maximum atomic E-state index is 11.6. The topological polar surface area (TPSA) is 78.9 Å². The van der Waals surface area contributed by atoms with E-state index in [9.17, 15) is 14.7 Å². The predicted octanol–water partition coefficient (Wildman–Crippen LogP) is 2.52. The second-order valence-electron chi connectivity index (χ2n) is 6.68. The summed E-state index contributed by atoms with van der Waals surface area (Å²) < 4.78 is 5.11. The van der Waals surface area contributed by atoms with E-state index in [1.165, 1.54) is 0 Å². The van der Waals surface area contributed by atoms with Crippen LogP contribution in [0.5, 0.6) is 0 Å². The molecule has 0 bridgehead atoms. The number of hydrogen-bond donors (Lipinski definition) is 2. The van der Waals surface area contributed by atoms with Crippen LogP contribution in [0.1, 0.15) is 26.3 Å². The minimum absolute atomic E-state index is 0.0275. The summed E-state index contributed by atoms with van der Waals surface area (Å²) in [6.07, 6.45) is -0.259. The average molecular weight is 322 g/mol. The number of benzene rings is 1. The Morgan fingerprint density at radius 1 is 1.22 bits per heavy atom. The number of carboxylic acids is 1. The van der Waals surface area contributed by atoms with E-state index in [0.717, 1.165) is 11.3 Å². The fourth-order valence-corrected chi connectivity index (χ4v) is 1.98. The Morgan fingerprint density at radius 2 is 1.78 bits per heavy atom. The number of amides is 1. The number of carbonyl (C=O) groups excluding carboxylic acids is 1. The van der Waals surface area contributed by atoms with E-state index in [0.29, 0.717) is 6.42 Å². The van der Waals surface area contributed by atoms with E-state index in [4.69, 9.17) is 4.74 Å². The van der Waals surface area contributed by atoms with E-state index in [-0.39, 0.29) is 6.54 Å². The fourth-order valence-electron chi connectivity index (χ4n) is 1.98. The van der Waals surface area contributed by atoms with Gasteiger partial charge in [-0.15, -0.1) is 0 Å². The second-order valence-corrected chi connectivity index (χ2v) is 6.68. The molecule has 0 unspecified atom stereocenters. The van der Waals surface area contributed by atoms with Crippen LogP contribution < -0.4 is 10.2 Å². The molecule has 128 valence electrons. The number of alkyl carbamates (subject to hydrolysis) is 1. The first-order valence-electron chi connectivity index (χ1n) is 7.54. The van der Waals surface area contributed by atoms with Crippen LogP contribution in [-0.4, -0.2) is 43.4 Å². The highest BCUT2D eigenvalue weighted by molar-refractivity contribution is 5.73. The molecule has 0 spiro atoms. The summed E-state index contributed by atoms with van der Waals surface area (Å²) in [7, 11) is 3.89. The molecule has 0 saturated heterocycles. The van der Waals surface area contributed by atoms with Gasteiger partial charge in [0.05, 0.1) is 5.92 Å². The Hall–Kier alpha value is -2.24. The van der Waals surface area contributed by atoms with Crippen molar-refractivity contribution >= 4 is 17.7 Å². The summed E-state index contributed by atoms with van der Waals surface area (Å²) >= 11 is 0. The maximum Gasteiger partial charge on any atom is 0.407 e. The molecule has 1 rings (SSSR count). The smallest absolute Gasteiger partial charge is 0.407 e. The first kappa shape index (κ1) is 18.8. The molecule has 1 aromatic rings. The number of hydrogen-bond acceptors (Lipinski definition) is 4. The van der Waals surface area contributed by atoms with Gasteiger partial charge in [-0.3, -0.25) is 4.79 Å². The molecule has 0 saturated carbocycles. The van der Waals surface area contributed by atoms with Crippen molar-refractivity contribution in [2.45, 2.75) is 32.8 Å². The molecule has 0 aliphatic heterocycles. The molecular weight excluding hydrogens is 296 g/mol. The molecular formula is C17H26N2O4. The summed E-state index contributed by atoms with van der Waals surface area (Å²) in [5.41, 5.74) is 1.35. The zero-order chi connectivity index (χ0) is 17.6. The largest absolute Gasteiger partial charge is 0.481 e. The number of aliphatic carboxylic acids is 1. The molecule has 1 aromatic carbocycles. The Kier molecular flexibility index (Phi) is 6.42. The van der Waals surface area contributed by atoms with Gasteiger partial charge < -0.3 is 20.1 Å². The molecule has 23 heavy (non-hydrogen) atoms. The van der Waals surface area contributed by atoms with Crippen LogP contribution in [0, 0.1) is 5.92 Å². The predicted molar refractivity (Wildman–Crippen MR) is 89.8 cm³/mol. The van der Waals surface area contributed by atoms with Gasteiger partial charge in [-0.2, -0.15) is 0 Å². The van der Waals surface area contributed by atoms with Gasteiger partial charge >= 0.3 is 12.1 Å². The standard InChI is InChI=1S/C17H26N2O4/c1-17(2,3)23-16(22)18-11-13(15(20)21)10-12-6-8-14(9-7-12)19(4)5/h6-9,13H,10-11H2,1-5H3,(H,18,22)(H,20,21)/t13-/m0/s1. The van der Waals surface area contributed by atoms with E-state index in [2.05, 4.69) is 5.32 Å². The van der Waals surface area contributed by atoms with Crippen molar-refractivity contribution in [1.29, 1.82) is 0 Å². The molecule has 0 aliphatic carbocycles. The van der Waals surface area contributed by atoms with Crippen molar-refractivity contribution < 1.29 is 19.4 Å². The minimum atomic E-state index is -0.947. The number of carbonyl (C=O) groups is 2. The summed E-state index contributed by atoms with van der Waals surface area (Å²) in [6, 6.07) is 7.68. The molecule has 0 aliphatic rings. The van der Waals surface area contributed by atoms with Gasteiger partial charge in [-0.1, -0.05) is 12.1 Å². The third-order valence-electron chi connectivity index (χ3n) is 3.18. The normalized spacial score (nSPS) is 12.4. The third kappa shape index (κ3) is 7.04. The van der Waals surface area contributed by atoms with Crippen LogP contribution >= 0.6 is 0 Å². The minimum Gasteiger partial charge on any atom is -0.481 e. The van der Waals surface area contributed by atoms with Crippen LogP contribution in [0.15, 0.2) is 24.3 Å². The lowest BCUT2D eigenvalue weighted by molar-refractivity contribution is -0.141. The van der Waals surface area contributed by atoms with Gasteiger partial charge in [0.2, 0.25) is 0 Å². The highest BCUT2D eigenvalue weighted by Crippen LogP contribution is 2.15. The van der Waals surface area contributed by atoms with E-state index < -0.39 is 23.6 Å². The summed E-state index contributed by atoms with van der Waals surface area (Å²) in [4.78, 5) is 25.0. The van der Waals surface area contributed by atoms with Crippen molar-refractivity contribution in [1.82, 2.24) is 5.32 Å². The van der Waals surface area contributed by atoms with Crippen LogP contribution in [0.3, 0.4) is 0 Å². The lowest BCUT2D eigenvalue weighted by Gasteiger charge is -2.21. The van der Waals surface area contributed by atoms with Gasteiger partial charge in [-0.25, -0.2) is 4.79 Å². The molecule has 1 amide bonds. The van der Waals surface area contributed by atoms with Crippen LogP contribution in [0.2, 0.25) is 0 Å². The fraction of sp³-hybridized carbons (Fsp3) is 0.529. The van der Waals surface area contributed by atoms with Crippen molar-refractivity contribution in [3.05, 3.63) is 29.8 Å². The molecule has 0 radical (unpaired) electrons. The summed E-state index contributed by atoms with van der Waals surface area (Å²) in [5.74, 6) is -1.65. The van der Waals surface area contributed by atoms with Crippen LogP contribution in [-0.2, 0) is 16.0 Å². The monoisotopic (exact) mass is 322 g/mol. The molecule has 6 nitrogen and oxygen atoms in total. The summed E-state index contributed by atoms with van der Waals surface area (Å²) in [5, 5.41) is 11.8. The van der Waals surface area contributed by atoms with Gasteiger partial charge in [0, 0.05) is 26.3 Å². The molecule has 2 N–H and O–H groups in total. The van der Waals surface area contributed by atoms with Gasteiger partial charge in [0.1, 0.15) is 5.60 Å². The molecule has 0 aromatic heterocycles. The SMILES string of the molecule is CN(C)c1ccc(C[C@@H](CNC(=O)OC(C)(C)C)C(=O)O)cc1. The lowest BCUT2D eigenvalue weighted by Crippen LogP contribution is -2.37. The number of carboxylic acid groups (broad SMARTS) is 1. The first-order valence-corrected chi connectivity index (χ1v) is 7.54. The first-order chi connectivity index (χ1) is 10.6. The molecule has 0 heterocycles. The zero-order valence-electron chi connectivity index (χ0n) is 14.4. The third-order valence-corrected chi connectivity index (χ3v) is 3.18. The Labute approximate surface area is 137 Å². The Bertz CT molecular complexity index is 533. The number of nitrogens with one attached hydrogen (secondary N) is 1. The van der Waals surface area contributed by atoms with E-state index in [1.807, 2.05) is 43.3 Å². The second kappa shape index (κ2) is 7.85. The Morgan fingerprint density at radius 3 is 2.22 bits per heavy atom. The Balaban J connectivity index is 2.62. The number of ether oxygens (including phenoxy) is 1. The van der Waals surface area contributed by atoms with Gasteiger partial charge in [0.15, 0.2) is 0 Å². The quantitative estimate of drug-likeness (QED) is 0.841. The number of anilines is 1. The molecule has 6 heteroatoms. The molecule has 1 atom stereocenters. The number of rotatable bonds is 6. The van der Waals surface area contributed by atoms with Crippen LogP contribution in [0.25, 0.3) is 0 Å². The van der Waals surface area contributed by atoms with Crippen molar-refractivity contribution in [3.63, 3.8) is 0 Å². The highest BCUT2D eigenvalue weighted by atomic mass is 16.6.